The van der Waals surface area contributed by atoms with Crippen LogP contribution in [-0.4, -0.2) is 21.3 Å². The maximum absolute atomic E-state index is 11.5. The molecule has 6 heteroatoms. The van der Waals surface area contributed by atoms with Crippen molar-refractivity contribution < 1.29 is 5.11 Å². The van der Waals surface area contributed by atoms with Crippen LogP contribution in [0.2, 0.25) is 0 Å². The summed E-state index contributed by atoms with van der Waals surface area (Å²) in [6.07, 6.45) is 2.62. The zero-order valence-corrected chi connectivity index (χ0v) is 12.1. The number of nitrogens with zero attached hydrogens (tertiary/aromatic N) is 1. The van der Waals surface area contributed by atoms with Crippen LogP contribution >= 0.6 is 0 Å². The molecule has 0 radical (unpaired) electrons. The van der Waals surface area contributed by atoms with E-state index in [1.165, 1.54) is 12.4 Å². The van der Waals surface area contributed by atoms with E-state index in [4.69, 9.17) is 0 Å². The predicted molar refractivity (Wildman–Crippen MR) is 81.7 cm³/mol. The minimum atomic E-state index is -0.587. The molecule has 1 aromatic carbocycles. The molecule has 3 N–H and O–H groups in total. The van der Waals surface area contributed by atoms with Crippen molar-refractivity contribution in [1.82, 2.24) is 9.97 Å². The number of rotatable bonds is 2. The van der Waals surface area contributed by atoms with Gasteiger partial charge in [0.1, 0.15) is 11.4 Å². The normalized spacial score (nSPS) is 12.0. The Morgan fingerprint density at radius 3 is 2.57 bits per heavy atom. The zero-order valence-electron chi connectivity index (χ0n) is 12.1. The molecule has 0 unspecified atom stereocenters. The molecule has 0 aliphatic carbocycles. The van der Waals surface area contributed by atoms with Gasteiger partial charge >= 0.3 is 5.69 Å². The van der Waals surface area contributed by atoms with Crippen LogP contribution in [0.5, 0.6) is 5.75 Å². The van der Waals surface area contributed by atoms with Crippen LogP contribution in [0.1, 0.15) is 31.9 Å². The fourth-order valence-corrected chi connectivity index (χ4v) is 1.76. The first-order valence-corrected chi connectivity index (χ1v) is 6.47. The molecule has 1 aromatic heterocycles. The molecule has 0 fully saturated rings. The van der Waals surface area contributed by atoms with E-state index in [2.05, 4.69) is 35.7 Å². The molecule has 1 heterocycles. The van der Waals surface area contributed by atoms with Gasteiger partial charge in [0.25, 0.3) is 5.56 Å². The number of hydrogen-bond acceptors (Lipinski definition) is 4. The summed E-state index contributed by atoms with van der Waals surface area (Å²) in [5.41, 5.74) is 0.379. The van der Waals surface area contributed by atoms with Gasteiger partial charge in [0, 0.05) is 18.0 Å². The fraction of sp³-hybridized carbons (Fsp3) is 0.267. The lowest BCUT2D eigenvalue weighted by Gasteiger charge is -2.19. The Balaban J connectivity index is 2.41. The predicted octanol–water partition coefficient (Wildman–Crippen LogP) is 1.82. The number of aromatic amines is 2. The van der Waals surface area contributed by atoms with Crippen molar-refractivity contribution in [3.63, 3.8) is 0 Å². The summed E-state index contributed by atoms with van der Waals surface area (Å²) in [5, 5.41) is 9.86. The Hall–Kier alpha value is -2.63. The number of hydrogen-bond donors (Lipinski definition) is 3. The molecule has 2 rings (SSSR count). The second-order valence-corrected chi connectivity index (χ2v) is 5.74. The van der Waals surface area contributed by atoms with Crippen LogP contribution in [0.25, 0.3) is 0 Å². The van der Waals surface area contributed by atoms with Crippen molar-refractivity contribution in [2.75, 3.05) is 0 Å². The summed E-state index contributed by atoms with van der Waals surface area (Å²) < 4.78 is 0. The zero-order chi connectivity index (χ0) is 15.6. The number of aliphatic imine (C=N–C) groups is 1. The number of H-pyrrole nitrogens is 2. The molecule has 6 nitrogen and oxygen atoms in total. The van der Waals surface area contributed by atoms with Crippen LogP contribution in [0, 0.1) is 0 Å². The SMILES string of the molecule is CC(C)(C)c1ccc(O)c(C=Nc2c[nH]c(=O)[nH]c2=O)c1. The number of nitrogens with one attached hydrogen (secondary N) is 2. The van der Waals surface area contributed by atoms with Crippen LogP contribution in [0.4, 0.5) is 5.69 Å². The third kappa shape index (κ3) is 3.47. The average molecular weight is 287 g/mol. The number of benzene rings is 1. The lowest BCUT2D eigenvalue weighted by Crippen LogP contribution is -2.20. The minimum absolute atomic E-state index is 0.0637. The quantitative estimate of drug-likeness (QED) is 0.735. The number of phenolic OH excluding ortho intramolecular Hbond substituents is 1. The number of aromatic nitrogens is 2. The molecular weight excluding hydrogens is 270 g/mol. The molecule has 110 valence electrons. The number of aromatic hydroxyl groups is 1. The molecule has 2 aromatic rings. The van der Waals surface area contributed by atoms with Crippen LogP contribution < -0.4 is 11.2 Å². The molecular formula is C15H17N3O3. The Morgan fingerprint density at radius 2 is 1.95 bits per heavy atom. The second-order valence-electron chi connectivity index (χ2n) is 5.74. The molecule has 0 aliphatic rings. The first-order chi connectivity index (χ1) is 9.77. The van der Waals surface area contributed by atoms with Crippen molar-refractivity contribution in [2.24, 2.45) is 4.99 Å². The maximum atomic E-state index is 11.5. The van der Waals surface area contributed by atoms with Gasteiger partial charge in [-0.05, 0) is 23.1 Å². The number of phenols is 1. The highest BCUT2D eigenvalue weighted by Crippen LogP contribution is 2.26. The lowest BCUT2D eigenvalue weighted by molar-refractivity contribution is 0.473. The summed E-state index contributed by atoms with van der Waals surface area (Å²) in [4.78, 5) is 30.9. The Bertz CT molecular complexity index is 795. The third-order valence-corrected chi connectivity index (χ3v) is 3.04. The van der Waals surface area contributed by atoms with E-state index in [1.807, 2.05) is 12.1 Å². The standard InChI is InChI=1S/C15H17N3O3/c1-15(2,3)10-4-5-12(19)9(6-10)7-16-11-8-17-14(21)18-13(11)20/h4-8,19H,1-3H3,(H2,17,18,20,21). The van der Waals surface area contributed by atoms with E-state index in [9.17, 15) is 14.7 Å². The van der Waals surface area contributed by atoms with Gasteiger partial charge in [0.15, 0.2) is 0 Å². The van der Waals surface area contributed by atoms with E-state index >= 15 is 0 Å². The smallest absolute Gasteiger partial charge is 0.325 e. The van der Waals surface area contributed by atoms with Gasteiger partial charge in [-0.15, -0.1) is 0 Å². The molecule has 0 atom stereocenters. The Labute approximate surface area is 121 Å². The van der Waals surface area contributed by atoms with E-state index in [0.717, 1.165) is 5.56 Å². The maximum Gasteiger partial charge on any atom is 0.325 e. The highest BCUT2D eigenvalue weighted by atomic mass is 16.3. The Kier molecular flexibility index (Phi) is 3.80. The molecule has 0 saturated carbocycles. The molecule has 0 amide bonds. The van der Waals surface area contributed by atoms with Gasteiger partial charge in [-0.2, -0.15) is 0 Å². The van der Waals surface area contributed by atoms with Gasteiger partial charge in [-0.25, -0.2) is 9.79 Å². The summed E-state index contributed by atoms with van der Waals surface area (Å²) in [5.74, 6) is 0.0765. The average Bonchev–Trinajstić information content (AvgIpc) is 2.38. The molecule has 21 heavy (non-hydrogen) atoms. The third-order valence-electron chi connectivity index (χ3n) is 3.04. The van der Waals surface area contributed by atoms with E-state index in [0.29, 0.717) is 5.56 Å². The van der Waals surface area contributed by atoms with Crippen molar-refractivity contribution in [3.05, 3.63) is 56.4 Å². The lowest BCUT2D eigenvalue weighted by atomic mass is 9.86. The van der Waals surface area contributed by atoms with Crippen LogP contribution in [0.15, 0.2) is 39.0 Å². The van der Waals surface area contributed by atoms with Crippen LogP contribution in [0.3, 0.4) is 0 Å². The van der Waals surface area contributed by atoms with E-state index in [1.54, 1.807) is 6.07 Å². The van der Waals surface area contributed by atoms with E-state index < -0.39 is 11.2 Å². The topological polar surface area (TPSA) is 98.3 Å². The Morgan fingerprint density at radius 1 is 1.24 bits per heavy atom. The van der Waals surface area contributed by atoms with Gasteiger partial charge in [-0.3, -0.25) is 9.78 Å². The second kappa shape index (κ2) is 5.40. The van der Waals surface area contributed by atoms with Gasteiger partial charge < -0.3 is 10.1 Å². The molecule has 0 bridgehead atoms. The molecule has 0 aliphatic heterocycles. The summed E-state index contributed by atoms with van der Waals surface area (Å²) in [6.45, 7) is 6.19. The monoisotopic (exact) mass is 287 g/mol. The van der Waals surface area contributed by atoms with Crippen LogP contribution in [-0.2, 0) is 5.41 Å². The molecule has 0 saturated heterocycles. The largest absolute Gasteiger partial charge is 0.507 e. The van der Waals surface area contributed by atoms with Gasteiger partial charge in [0.2, 0.25) is 0 Å². The van der Waals surface area contributed by atoms with Crippen molar-refractivity contribution in [1.29, 1.82) is 0 Å². The summed E-state index contributed by atoms with van der Waals surface area (Å²) in [6, 6.07) is 5.26. The minimum Gasteiger partial charge on any atom is -0.507 e. The molecule has 0 spiro atoms. The first-order valence-electron chi connectivity index (χ1n) is 6.47. The van der Waals surface area contributed by atoms with Crippen molar-refractivity contribution >= 4 is 11.9 Å². The van der Waals surface area contributed by atoms with E-state index in [-0.39, 0.29) is 16.9 Å². The van der Waals surface area contributed by atoms with Gasteiger partial charge in [0.05, 0.1) is 0 Å². The first kappa shape index (κ1) is 14.8. The highest BCUT2D eigenvalue weighted by molar-refractivity contribution is 5.85. The fourth-order valence-electron chi connectivity index (χ4n) is 1.76. The summed E-state index contributed by atoms with van der Waals surface area (Å²) in [7, 11) is 0. The van der Waals surface area contributed by atoms with Crippen molar-refractivity contribution in [2.45, 2.75) is 26.2 Å². The summed E-state index contributed by atoms with van der Waals surface area (Å²) >= 11 is 0. The van der Waals surface area contributed by atoms with Crippen molar-refractivity contribution in [3.8, 4) is 5.75 Å². The van der Waals surface area contributed by atoms with Gasteiger partial charge in [-0.1, -0.05) is 26.8 Å². The highest BCUT2D eigenvalue weighted by Gasteiger charge is 2.14.